The average Bonchev–Trinajstić information content (AvgIpc) is 3.29. The van der Waals surface area contributed by atoms with Crippen molar-refractivity contribution >= 4 is 38.5 Å². The number of hydrogen-bond acceptors (Lipinski definition) is 8. The Morgan fingerprint density at radius 2 is 1.61 bits per heavy atom. The van der Waals surface area contributed by atoms with Gasteiger partial charge in [0.2, 0.25) is 6.79 Å². The molecule has 1 saturated heterocycles. The molecule has 6 rings (SSSR count). The Balaban J connectivity index is 1.41. The lowest BCUT2D eigenvalue weighted by atomic mass is 9.99. The SMILES string of the molecule is COc1cc2c(=O)n(CCN3CCCCCC3)c3c4cc5c(cc4ccc3c2cc1OCCNC(=O)OC(C)(C)C)OCO5. The first-order valence-electron chi connectivity index (χ1n) is 15.4. The van der Waals surface area contributed by atoms with E-state index in [0.29, 0.717) is 34.9 Å². The zero-order valence-corrected chi connectivity index (χ0v) is 26.0. The first kappa shape index (κ1) is 29.9. The summed E-state index contributed by atoms with van der Waals surface area (Å²) in [4.78, 5) is 28.9. The number of pyridine rings is 1. The summed E-state index contributed by atoms with van der Waals surface area (Å²) in [6.45, 7) is 9.52. The quantitative estimate of drug-likeness (QED) is 0.199. The van der Waals surface area contributed by atoms with Gasteiger partial charge in [-0.05, 0) is 76.4 Å². The molecule has 4 aromatic rings. The van der Waals surface area contributed by atoms with E-state index in [0.717, 1.165) is 46.7 Å². The van der Waals surface area contributed by atoms with Crippen LogP contribution >= 0.6 is 0 Å². The maximum Gasteiger partial charge on any atom is 0.407 e. The highest BCUT2D eigenvalue weighted by atomic mass is 16.7. The predicted octanol–water partition coefficient (Wildman–Crippen LogP) is 5.82. The van der Waals surface area contributed by atoms with Crippen LogP contribution in [0.25, 0.3) is 32.4 Å². The number of methoxy groups -OCH3 is 1. The molecule has 1 amide bonds. The number of carbonyl (C=O) groups excluding carboxylic acids is 1. The maximum absolute atomic E-state index is 14.3. The van der Waals surface area contributed by atoms with Gasteiger partial charge in [-0.3, -0.25) is 4.79 Å². The molecule has 10 nitrogen and oxygen atoms in total. The number of nitrogens with one attached hydrogen (secondary N) is 1. The average molecular weight is 604 g/mol. The van der Waals surface area contributed by atoms with Gasteiger partial charge >= 0.3 is 6.09 Å². The van der Waals surface area contributed by atoms with E-state index >= 15 is 0 Å². The summed E-state index contributed by atoms with van der Waals surface area (Å²) in [6, 6.07) is 11.7. The summed E-state index contributed by atoms with van der Waals surface area (Å²) in [5.41, 5.74) is 0.191. The van der Waals surface area contributed by atoms with Crippen molar-refractivity contribution in [3.8, 4) is 23.0 Å². The van der Waals surface area contributed by atoms with Gasteiger partial charge in [0, 0.05) is 29.2 Å². The number of benzene rings is 3. The molecular formula is C34H41N3O7. The molecule has 3 heterocycles. The van der Waals surface area contributed by atoms with Crippen LogP contribution in [-0.4, -0.2) is 67.8 Å². The molecule has 0 unspecified atom stereocenters. The van der Waals surface area contributed by atoms with Gasteiger partial charge in [0.15, 0.2) is 23.0 Å². The van der Waals surface area contributed by atoms with E-state index in [1.807, 2.05) is 43.5 Å². The summed E-state index contributed by atoms with van der Waals surface area (Å²) < 4.78 is 30.3. The Morgan fingerprint density at radius 3 is 2.34 bits per heavy atom. The zero-order valence-electron chi connectivity index (χ0n) is 26.0. The Bertz CT molecular complexity index is 1750. The molecule has 234 valence electrons. The fraction of sp³-hybridized carbons (Fsp3) is 0.471. The minimum Gasteiger partial charge on any atom is -0.493 e. The number of alkyl carbamates (subject to hydrolysis) is 1. The zero-order chi connectivity index (χ0) is 30.8. The smallest absolute Gasteiger partial charge is 0.407 e. The third kappa shape index (κ3) is 6.22. The van der Waals surface area contributed by atoms with E-state index in [1.54, 1.807) is 13.2 Å². The number of rotatable bonds is 8. The Morgan fingerprint density at radius 1 is 0.886 bits per heavy atom. The lowest BCUT2D eigenvalue weighted by Gasteiger charge is -2.22. The Labute approximate surface area is 256 Å². The molecule has 10 heteroatoms. The predicted molar refractivity (Wildman–Crippen MR) is 171 cm³/mol. The fourth-order valence-electron chi connectivity index (χ4n) is 6.13. The number of likely N-dealkylation sites (tertiary alicyclic amines) is 1. The molecule has 0 bridgehead atoms. The molecule has 44 heavy (non-hydrogen) atoms. The molecule has 2 aliphatic rings. The molecule has 0 aliphatic carbocycles. The standard InChI is InChI=1S/C34H41N3O7/c1-34(2,3)44-33(39)35-11-16-41-29-19-25-23-10-9-22-17-28-30(43-21-42-28)18-24(22)31(23)37(32(38)26(25)20-27(29)40-4)15-14-36-12-7-5-6-8-13-36/h9-10,17-20H,5-8,11-16,21H2,1-4H3,(H,35,39). The van der Waals surface area contributed by atoms with Crippen LogP contribution in [0.2, 0.25) is 0 Å². The van der Waals surface area contributed by atoms with E-state index in [-0.39, 0.29) is 25.5 Å². The molecular weight excluding hydrogens is 562 g/mol. The van der Waals surface area contributed by atoms with Crippen LogP contribution in [0, 0.1) is 0 Å². The van der Waals surface area contributed by atoms with Gasteiger partial charge in [0.05, 0.1) is 24.6 Å². The van der Waals surface area contributed by atoms with Crippen molar-refractivity contribution in [2.45, 2.75) is 58.6 Å². The van der Waals surface area contributed by atoms with Gasteiger partial charge in [-0.15, -0.1) is 0 Å². The molecule has 1 fully saturated rings. The lowest BCUT2D eigenvalue weighted by molar-refractivity contribution is 0.0520. The Kier molecular flexibility index (Phi) is 8.44. The monoisotopic (exact) mass is 603 g/mol. The van der Waals surface area contributed by atoms with E-state index < -0.39 is 11.7 Å². The summed E-state index contributed by atoms with van der Waals surface area (Å²) in [7, 11) is 1.56. The van der Waals surface area contributed by atoms with Gasteiger partial charge < -0.3 is 38.5 Å². The summed E-state index contributed by atoms with van der Waals surface area (Å²) in [6.07, 6.45) is 4.38. The van der Waals surface area contributed by atoms with Gasteiger partial charge in [-0.25, -0.2) is 4.79 Å². The molecule has 3 aromatic carbocycles. The number of amides is 1. The van der Waals surface area contributed by atoms with Gasteiger partial charge in [0.25, 0.3) is 5.56 Å². The third-order valence-electron chi connectivity index (χ3n) is 8.19. The number of aromatic nitrogens is 1. The van der Waals surface area contributed by atoms with Crippen LogP contribution in [0.3, 0.4) is 0 Å². The highest BCUT2D eigenvalue weighted by Crippen LogP contribution is 2.41. The van der Waals surface area contributed by atoms with Crippen LogP contribution in [0.1, 0.15) is 46.5 Å². The van der Waals surface area contributed by atoms with Crippen molar-refractivity contribution in [1.82, 2.24) is 14.8 Å². The molecule has 1 aromatic heterocycles. The minimum atomic E-state index is -0.586. The fourth-order valence-corrected chi connectivity index (χ4v) is 6.13. The van der Waals surface area contributed by atoms with Crippen molar-refractivity contribution < 1.29 is 28.5 Å². The van der Waals surface area contributed by atoms with Crippen molar-refractivity contribution in [3.05, 3.63) is 46.8 Å². The van der Waals surface area contributed by atoms with Gasteiger partial charge in [0.1, 0.15) is 12.2 Å². The van der Waals surface area contributed by atoms with E-state index in [2.05, 4.69) is 22.3 Å². The summed E-state index contributed by atoms with van der Waals surface area (Å²) >= 11 is 0. The van der Waals surface area contributed by atoms with Crippen molar-refractivity contribution in [2.24, 2.45) is 0 Å². The van der Waals surface area contributed by atoms with Crippen LogP contribution in [0.4, 0.5) is 4.79 Å². The largest absolute Gasteiger partial charge is 0.493 e. The second-order valence-corrected chi connectivity index (χ2v) is 12.4. The number of hydrogen-bond donors (Lipinski definition) is 1. The second-order valence-electron chi connectivity index (χ2n) is 12.4. The van der Waals surface area contributed by atoms with Gasteiger partial charge in [-0.2, -0.15) is 0 Å². The topological polar surface area (TPSA) is 100 Å². The summed E-state index contributed by atoms with van der Waals surface area (Å²) in [5, 5.41) is 6.88. The van der Waals surface area contributed by atoms with E-state index in [1.165, 1.54) is 25.7 Å². The van der Waals surface area contributed by atoms with Gasteiger partial charge in [-0.1, -0.05) is 25.0 Å². The van der Waals surface area contributed by atoms with Crippen LogP contribution in [-0.2, 0) is 11.3 Å². The normalized spacial score (nSPS) is 15.5. The second kappa shape index (κ2) is 12.4. The number of carbonyl (C=O) groups is 1. The van der Waals surface area contributed by atoms with E-state index in [9.17, 15) is 9.59 Å². The Hall–Kier alpha value is -4.18. The first-order chi connectivity index (χ1) is 21.2. The van der Waals surface area contributed by atoms with Crippen molar-refractivity contribution in [3.63, 3.8) is 0 Å². The number of ether oxygens (including phenoxy) is 5. The summed E-state index contributed by atoms with van der Waals surface area (Å²) in [5.74, 6) is 2.32. The number of nitrogens with zero attached hydrogens (tertiary/aromatic N) is 2. The molecule has 0 radical (unpaired) electrons. The van der Waals surface area contributed by atoms with Crippen molar-refractivity contribution in [1.29, 1.82) is 0 Å². The minimum absolute atomic E-state index is 0.0797. The number of fused-ring (bicyclic) bond motifs is 6. The maximum atomic E-state index is 14.3. The van der Waals surface area contributed by atoms with Crippen LogP contribution in [0.15, 0.2) is 41.2 Å². The van der Waals surface area contributed by atoms with Crippen LogP contribution in [0.5, 0.6) is 23.0 Å². The van der Waals surface area contributed by atoms with E-state index in [4.69, 9.17) is 23.7 Å². The first-order valence-corrected chi connectivity index (χ1v) is 15.4. The molecule has 2 aliphatic heterocycles. The lowest BCUT2D eigenvalue weighted by Crippen LogP contribution is -2.34. The molecule has 0 atom stereocenters. The van der Waals surface area contributed by atoms with Crippen molar-refractivity contribution in [2.75, 3.05) is 46.7 Å². The highest BCUT2D eigenvalue weighted by Gasteiger charge is 2.21. The molecule has 0 spiro atoms. The third-order valence-corrected chi connectivity index (χ3v) is 8.19. The molecule has 1 N–H and O–H groups in total. The van der Waals surface area contributed by atoms with Crippen LogP contribution < -0.4 is 29.8 Å². The highest BCUT2D eigenvalue weighted by molar-refractivity contribution is 6.16. The molecule has 0 saturated carbocycles.